The number of aliphatic hydroxyl groups is 1. The molecule has 6 heteroatoms. The molecular weight excluding hydrogens is 192 g/mol. The first kappa shape index (κ1) is 12.8. The lowest BCUT2D eigenvalue weighted by atomic mass is 10.5. The van der Waals surface area contributed by atoms with Crippen molar-refractivity contribution in [2.45, 2.75) is 6.92 Å². The van der Waals surface area contributed by atoms with Gasteiger partial charge in [-0.15, -0.1) is 0 Å². The Morgan fingerprint density at radius 2 is 2.08 bits per heavy atom. The summed E-state index contributed by atoms with van der Waals surface area (Å²) in [5.41, 5.74) is 0. The maximum atomic E-state index is 11.0. The van der Waals surface area contributed by atoms with Crippen molar-refractivity contribution in [1.29, 1.82) is 0 Å². The van der Waals surface area contributed by atoms with Crippen LogP contribution in [0.25, 0.3) is 0 Å². The van der Waals surface area contributed by atoms with Crippen molar-refractivity contribution in [3.63, 3.8) is 0 Å². The molecule has 2 N–H and O–H groups in total. The number of hydrogen-bond acceptors (Lipinski definition) is 4. The summed E-state index contributed by atoms with van der Waals surface area (Å²) in [4.78, 5) is 2.00. The van der Waals surface area contributed by atoms with Crippen LogP contribution in [-0.4, -0.2) is 57.5 Å². The van der Waals surface area contributed by atoms with E-state index in [2.05, 4.69) is 4.72 Å². The lowest BCUT2D eigenvalue weighted by Crippen LogP contribution is -2.34. The molecule has 0 aliphatic rings. The molecule has 0 unspecified atom stereocenters. The first-order valence-electron chi connectivity index (χ1n) is 4.28. The Balaban J connectivity index is 3.64. The Morgan fingerprint density at radius 1 is 1.46 bits per heavy atom. The van der Waals surface area contributed by atoms with Crippen molar-refractivity contribution in [3.8, 4) is 0 Å². The van der Waals surface area contributed by atoms with Crippen LogP contribution in [0.3, 0.4) is 0 Å². The monoisotopic (exact) mass is 210 g/mol. The van der Waals surface area contributed by atoms with Crippen LogP contribution in [0.1, 0.15) is 6.92 Å². The molecule has 0 heterocycles. The first-order chi connectivity index (χ1) is 6.02. The van der Waals surface area contributed by atoms with Gasteiger partial charge in [-0.2, -0.15) is 0 Å². The van der Waals surface area contributed by atoms with Gasteiger partial charge in [-0.3, -0.25) is 0 Å². The maximum Gasteiger partial charge on any atom is 0.213 e. The van der Waals surface area contributed by atoms with Gasteiger partial charge in [-0.1, -0.05) is 6.92 Å². The van der Waals surface area contributed by atoms with E-state index in [9.17, 15) is 8.42 Å². The Hall–Kier alpha value is -0.170. The molecule has 80 valence electrons. The SMILES string of the molecule is CCN(C)CCNS(=O)(=O)CCO. The summed E-state index contributed by atoms with van der Waals surface area (Å²) in [6, 6.07) is 0. The molecule has 5 nitrogen and oxygen atoms in total. The molecule has 13 heavy (non-hydrogen) atoms. The average molecular weight is 210 g/mol. The molecule has 0 radical (unpaired) electrons. The third-order valence-corrected chi connectivity index (χ3v) is 3.08. The van der Waals surface area contributed by atoms with Gasteiger partial charge in [0.25, 0.3) is 0 Å². The smallest absolute Gasteiger partial charge is 0.213 e. The molecule has 0 saturated heterocycles. The number of likely N-dealkylation sites (N-methyl/N-ethyl adjacent to an activating group) is 1. The van der Waals surface area contributed by atoms with Crippen LogP contribution in [-0.2, 0) is 10.0 Å². The molecule has 0 fully saturated rings. The van der Waals surface area contributed by atoms with E-state index in [4.69, 9.17) is 5.11 Å². The zero-order valence-electron chi connectivity index (χ0n) is 8.15. The van der Waals surface area contributed by atoms with Gasteiger partial charge in [0.2, 0.25) is 10.0 Å². The minimum atomic E-state index is -3.26. The molecule has 0 saturated carbocycles. The minimum absolute atomic E-state index is 0.219. The summed E-state index contributed by atoms with van der Waals surface area (Å²) >= 11 is 0. The van der Waals surface area contributed by atoms with Crippen LogP contribution in [0.5, 0.6) is 0 Å². The van der Waals surface area contributed by atoms with Gasteiger partial charge in [0.1, 0.15) is 0 Å². The molecule has 0 atom stereocenters. The van der Waals surface area contributed by atoms with E-state index >= 15 is 0 Å². The van der Waals surface area contributed by atoms with E-state index in [1.807, 2.05) is 18.9 Å². The third-order valence-electron chi connectivity index (χ3n) is 1.72. The van der Waals surface area contributed by atoms with E-state index < -0.39 is 10.0 Å². The molecule has 0 aliphatic heterocycles. The number of rotatable bonds is 7. The highest BCUT2D eigenvalue weighted by molar-refractivity contribution is 7.89. The van der Waals surface area contributed by atoms with Gasteiger partial charge >= 0.3 is 0 Å². The zero-order valence-corrected chi connectivity index (χ0v) is 8.97. The zero-order chi connectivity index (χ0) is 10.3. The first-order valence-corrected chi connectivity index (χ1v) is 5.93. The van der Waals surface area contributed by atoms with E-state index in [0.29, 0.717) is 13.1 Å². The normalized spacial score (nSPS) is 12.3. The van der Waals surface area contributed by atoms with Gasteiger partial charge in [0, 0.05) is 13.1 Å². The maximum absolute atomic E-state index is 11.0. The van der Waals surface area contributed by atoms with E-state index in [0.717, 1.165) is 6.54 Å². The summed E-state index contributed by atoms with van der Waals surface area (Å²) in [5.74, 6) is -0.219. The third kappa shape index (κ3) is 6.94. The lowest BCUT2D eigenvalue weighted by Gasteiger charge is -2.13. The molecule has 0 amide bonds. The summed E-state index contributed by atoms with van der Waals surface area (Å²) in [6.45, 7) is 3.64. The Kier molecular flexibility index (Phi) is 6.23. The molecule has 0 aromatic rings. The van der Waals surface area contributed by atoms with Crippen molar-refractivity contribution >= 4 is 10.0 Å². The highest BCUT2D eigenvalue weighted by Crippen LogP contribution is 1.83. The van der Waals surface area contributed by atoms with E-state index in [1.54, 1.807) is 0 Å². The molecule has 0 aliphatic carbocycles. The fraction of sp³-hybridized carbons (Fsp3) is 1.00. The van der Waals surface area contributed by atoms with E-state index in [1.165, 1.54) is 0 Å². The predicted octanol–water partition coefficient (Wildman–Crippen LogP) is -1.15. The number of aliphatic hydroxyl groups excluding tert-OH is 1. The second-order valence-electron chi connectivity index (χ2n) is 2.83. The molecule has 0 aromatic heterocycles. The summed E-state index contributed by atoms with van der Waals surface area (Å²) in [5, 5.41) is 8.43. The molecule has 0 aromatic carbocycles. The highest BCUT2D eigenvalue weighted by atomic mass is 32.2. The average Bonchev–Trinajstić information content (AvgIpc) is 2.03. The van der Waals surface area contributed by atoms with Crippen LogP contribution in [0.4, 0.5) is 0 Å². The van der Waals surface area contributed by atoms with Crippen LogP contribution in [0, 0.1) is 0 Å². The fourth-order valence-corrected chi connectivity index (χ4v) is 1.53. The van der Waals surface area contributed by atoms with Gasteiger partial charge in [0.15, 0.2) is 0 Å². The fourth-order valence-electron chi connectivity index (χ4n) is 0.742. The summed E-state index contributed by atoms with van der Waals surface area (Å²) < 4.78 is 24.4. The van der Waals surface area contributed by atoms with Gasteiger partial charge in [-0.25, -0.2) is 13.1 Å². The highest BCUT2D eigenvalue weighted by Gasteiger charge is 2.07. The van der Waals surface area contributed by atoms with Crippen molar-refractivity contribution < 1.29 is 13.5 Å². The number of nitrogens with zero attached hydrogens (tertiary/aromatic N) is 1. The van der Waals surface area contributed by atoms with Crippen molar-refractivity contribution in [2.24, 2.45) is 0 Å². The number of sulfonamides is 1. The molecule has 0 bridgehead atoms. The van der Waals surface area contributed by atoms with Crippen molar-refractivity contribution in [2.75, 3.05) is 39.0 Å². The van der Waals surface area contributed by atoms with Crippen molar-refractivity contribution in [3.05, 3.63) is 0 Å². The number of hydrogen-bond donors (Lipinski definition) is 2. The predicted molar refractivity (Wildman–Crippen MR) is 52.0 cm³/mol. The Morgan fingerprint density at radius 3 is 2.54 bits per heavy atom. The summed E-state index contributed by atoms with van der Waals surface area (Å²) in [6.07, 6.45) is 0. The van der Waals surface area contributed by atoms with Crippen LogP contribution in [0.15, 0.2) is 0 Å². The van der Waals surface area contributed by atoms with Gasteiger partial charge < -0.3 is 10.0 Å². The van der Waals surface area contributed by atoms with Crippen LogP contribution < -0.4 is 4.72 Å². The lowest BCUT2D eigenvalue weighted by molar-refractivity contribution is 0.318. The molecule has 0 rings (SSSR count). The minimum Gasteiger partial charge on any atom is -0.395 e. The largest absolute Gasteiger partial charge is 0.395 e. The molecular formula is C7H18N2O3S. The van der Waals surface area contributed by atoms with Gasteiger partial charge in [-0.05, 0) is 13.6 Å². The second kappa shape index (κ2) is 6.31. The Labute approximate surface area is 79.8 Å². The summed E-state index contributed by atoms with van der Waals surface area (Å²) in [7, 11) is -1.35. The second-order valence-corrected chi connectivity index (χ2v) is 4.76. The quantitative estimate of drug-likeness (QED) is 0.557. The van der Waals surface area contributed by atoms with Crippen molar-refractivity contribution in [1.82, 2.24) is 9.62 Å². The standard InChI is InChI=1S/C7H18N2O3S/c1-3-9(2)5-4-8-13(11,12)7-6-10/h8,10H,3-7H2,1-2H3. The van der Waals surface area contributed by atoms with E-state index in [-0.39, 0.29) is 12.4 Å². The van der Waals surface area contributed by atoms with Crippen LogP contribution >= 0.6 is 0 Å². The number of nitrogens with one attached hydrogen (secondary N) is 1. The Bertz CT molecular complexity index is 216. The van der Waals surface area contributed by atoms with Gasteiger partial charge in [0.05, 0.1) is 12.4 Å². The van der Waals surface area contributed by atoms with Crippen LogP contribution in [0.2, 0.25) is 0 Å². The molecule has 0 spiro atoms. The topological polar surface area (TPSA) is 69.6 Å².